The Balaban J connectivity index is 2.09. The van der Waals surface area contributed by atoms with E-state index in [0.717, 1.165) is 30.0 Å². The number of fused-ring (bicyclic) bond motifs is 4. The van der Waals surface area contributed by atoms with E-state index in [1.165, 1.54) is 5.56 Å². The van der Waals surface area contributed by atoms with Gasteiger partial charge in [0, 0.05) is 12.7 Å². The quantitative estimate of drug-likeness (QED) is 0.804. The first-order valence-corrected chi connectivity index (χ1v) is 5.87. The molecule has 0 spiro atoms. The first-order chi connectivity index (χ1) is 8.31. The lowest BCUT2D eigenvalue weighted by Gasteiger charge is -2.43. The van der Waals surface area contributed by atoms with Crippen molar-refractivity contribution in [2.45, 2.75) is 25.1 Å². The Hall–Kier alpha value is -1.42. The van der Waals surface area contributed by atoms with Crippen LogP contribution in [0.25, 0.3) is 0 Å². The van der Waals surface area contributed by atoms with Crippen LogP contribution in [0.5, 0.6) is 11.5 Å². The van der Waals surface area contributed by atoms with Crippen LogP contribution in [-0.2, 0) is 4.74 Å². The number of benzene rings is 1. The van der Waals surface area contributed by atoms with E-state index in [-0.39, 0.29) is 6.23 Å². The third kappa shape index (κ3) is 1.27. The third-order valence-electron chi connectivity index (χ3n) is 3.78. The maximum atomic E-state index is 5.50. The lowest BCUT2D eigenvalue weighted by molar-refractivity contribution is 0.106. The molecule has 0 amide bonds. The minimum Gasteiger partial charge on any atom is -0.496 e. The molecule has 0 unspecified atom stereocenters. The van der Waals surface area contributed by atoms with Crippen molar-refractivity contribution in [1.29, 1.82) is 0 Å². The molecular weight excluding hydrogens is 218 g/mol. The number of anilines is 1. The number of hydrogen-bond acceptors (Lipinski definition) is 4. The Morgan fingerprint density at radius 3 is 2.41 bits per heavy atom. The molecule has 17 heavy (non-hydrogen) atoms. The molecule has 4 heteroatoms. The maximum absolute atomic E-state index is 5.50. The van der Waals surface area contributed by atoms with Crippen molar-refractivity contribution in [1.82, 2.24) is 0 Å². The van der Waals surface area contributed by atoms with Crippen molar-refractivity contribution in [2.24, 2.45) is 0 Å². The van der Waals surface area contributed by atoms with Gasteiger partial charge in [-0.1, -0.05) is 0 Å². The van der Waals surface area contributed by atoms with Crippen molar-refractivity contribution in [3.63, 3.8) is 0 Å². The molecule has 1 fully saturated rings. The average molecular weight is 235 g/mol. The van der Waals surface area contributed by atoms with Gasteiger partial charge in [0.1, 0.15) is 17.7 Å². The molecule has 1 saturated heterocycles. The summed E-state index contributed by atoms with van der Waals surface area (Å²) in [5.74, 6) is 1.86. The second kappa shape index (κ2) is 3.81. The van der Waals surface area contributed by atoms with Gasteiger partial charge >= 0.3 is 0 Å². The summed E-state index contributed by atoms with van der Waals surface area (Å²) in [5, 5.41) is 0. The normalized spacial score (nSPS) is 25.0. The smallest absolute Gasteiger partial charge is 0.142 e. The van der Waals surface area contributed by atoms with E-state index in [2.05, 4.69) is 4.90 Å². The molecule has 0 radical (unpaired) electrons. The van der Waals surface area contributed by atoms with Gasteiger partial charge in [0.25, 0.3) is 0 Å². The van der Waals surface area contributed by atoms with Gasteiger partial charge in [-0.25, -0.2) is 0 Å². The number of ether oxygens (including phenoxy) is 3. The molecule has 1 aromatic carbocycles. The summed E-state index contributed by atoms with van der Waals surface area (Å²) in [7, 11) is 5.18. The molecule has 92 valence electrons. The fraction of sp³-hybridized carbons (Fsp3) is 0.538. The zero-order chi connectivity index (χ0) is 12.0. The first-order valence-electron chi connectivity index (χ1n) is 5.87. The largest absolute Gasteiger partial charge is 0.496 e. The Morgan fingerprint density at radius 1 is 1.06 bits per heavy atom. The summed E-state index contributed by atoms with van der Waals surface area (Å²) in [6.45, 7) is 0. The van der Waals surface area contributed by atoms with Crippen LogP contribution in [0, 0.1) is 0 Å². The van der Waals surface area contributed by atoms with E-state index in [1.54, 1.807) is 21.3 Å². The SMILES string of the molecule is COc1ccc(OC)c2c1[C@H]1CC[C@H](OC)N21. The molecule has 0 aromatic heterocycles. The predicted molar refractivity (Wildman–Crippen MR) is 64.8 cm³/mol. The zero-order valence-corrected chi connectivity index (χ0v) is 10.4. The molecule has 4 nitrogen and oxygen atoms in total. The Morgan fingerprint density at radius 2 is 1.76 bits per heavy atom. The van der Waals surface area contributed by atoms with Gasteiger partial charge in [0.2, 0.25) is 0 Å². The maximum Gasteiger partial charge on any atom is 0.142 e. The molecule has 1 aromatic rings. The van der Waals surface area contributed by atoms with Crippen molar-refractivity contribution in [3.8, 4) is 11.5 Å². The molecule has 0 saturated carbocycles. The van der Waals surface area contributed by atoms with Gasteiger partial charge in [-0.05, 0) is 25.0 Å². The van der Waals surface area contributed by atoms with E-state index in [0.29, 0.717) is 6.04 Å². The first kappa shape index (κ1) is 10.7. The van der Waals surface area contributed by atoms with Crippen molar-refractivity contribution in [2.75, 3.05) is 26.2 Å². The van der Waals surface area contributed by atoms with E-state index >= 15 is 0 Å². The summed E-state index contributed by atoms with van der Waals surface area (Å²) in [6, 6.07) is 4.37. The van der Waals surface area contributed by atoms with Gasteiger partial charge in [-0.15, -0.1) is 0 Å². The molecule has 2 aliphatic rings. The van der Waals surface area contributed by atoms with E-state index in [4.69, 9.17) is 14.2 Å². The highest BCUT2D eigenvalue weighted by atomic mass is 16.5. The highest BCUT2D eigenvalue weighted by Crippen LogP contribution is 2.59. The van der Waals surface area contributed by atoms with Crippen LogP contribution in [0.1, 0.15) is 24.4 Å². The summed E-state index contributed by atoms with van der Waals surface area (Å²) in [4.78, 5) is 2.30. The minimum absolute atomic E-state index is 0.175. The van der Waals surface area contributed by atoms with E-state index < -0.39 is 0 Å². The standard InChI is InChI=1S/C13H17NO3/c1-15-9-5-6-10(16-2)13-12(9)8-4-7-11(17-3)14(8)13/h5-6,8,11H,4,7H2,1-3H3/t8-,11+/m1/s1. The van der Waals surface area contributed by atoms with Gasteiger partial charge in [-0.2, -0.15) is 0 Å². The van der Waals surface area contributed by atoms with Gasteiger partial charge in [0.05, 0.1) is 25.9 Å². The summed E-state index contributed by atoms with van der Waals surface area (Å²) < 4.78 is 16.4. The minimum atomic E-state index is 0.175. The van der Waals surface area contributed by atoms with Crippen molar-refractivity contribution < 1.29 is 14.2 Å². The molecular formula is C13H17NO3. The fourth-order valence-corrected chi connectivity index (χ4v) is 3.03. The van der Waals surface area contributed by atoms with Crippen molar-refractivity contribution >= 4 is 5.69 Å². The number of hydrogen-bond donors (Lipinski definition) is 0. The second-order valence-electron chi connectivity index (χ2n) is 4.42. The summed E-state index contributed by atoms with van der Waals surface area (Å²) in [5.41, 5.74) is 2.41. The van der Waals surface area contributed by atoms with Crippen LogP contribution in [0.3, 0.4) is 0 Å². The third-order valence-corrected chi connectivity index (χ3v) is 3.78. The predicted octanol–water partition coefficient (Wildman–Crippen LogP) is 2.33. The highest BCUT2D eigenvalue weighted by Gasteiger charge is 2.48. The van der Waals surface area contributed by atoms with Crippen molar-refractivity contribution in [3.05, 3.63) is 17.7 Å². The van der Waals surface area contributed by atoms with Crippen LogP contribution in [0.15, 0.2) is 12.1 Å². The monoisotopic (exact) mass is 235 g/mol. The topological polar surface area (TPSA) is 30.9 Å². The lowest BCUT2D eigenvalue weighted by Crippen LogP contribution is -2.41. The zero-order valence-electron chi connectivity index (χ0n) is 10.4. The van der Waals surface area contributed by atoms with Crippen LogP contribution in [0.2, 0.25) is 0 Å². The van der Waals surface area contributed by atoms with Crippen LogP contribution in [0.4, 0.5) is 5.69 Å². The van der Waals surface area contributed by atoms with Gasteiger partial charge in [-0.3, -0.25) is 0 Å². The number of nitrogens with zero attached hydrogens (tertiary/aromatic N) is 1. The molecule has 2 aliphatic heterocycles. The Bertz CT molecular complexity index is 447. The molecule has 3 rings (SSSR count). The Kier molecular flexibility index (Phi) is 2.40. The van der Waals surface area contributed by atoms with Crippen LogP contribution < -0.4 is 14.4 Å². The lowest BCUT2D eigenvalue weighted by atomic mass is 9.92. The number of rotatable bonds is 3. The van der Waals surface area contributed by atoms with E-state index in [9.17, 15) is 0 Å². The molecule has 0 N–H and O–H groups in total. The molecule has 0 aliphatic carbocycles. The van der Waals surface area contributed by atoms with Crippen LogP contribution in [-0.4, -0.2) is 27.6 Å². The summed E-state index contributed by atoms with van der Waals surface area (Å²) in [6.07, 6.45) is 2.35. The fourth-order valence-electron chi connectivity index (χ4n) is 3.03. The van der Waals surface area contributed by atoms with Gasteiger partial charge in [0.15, 0.2) is 0 Å². The molecule has 0 bridgehead atoms. The number of methoxy groups -OCH3 is 3. The Labute approximate surface area is 101 Å². The highest BCUT2D eigenvalue weighted by molar-refractivity contribution is 5.78. The van der Waals surface area contributed by atoms with E-state index in [1.807, 2.05) is 12.1 Å². The average Bonchev–Trinajstić information content (AvgIpc) is 2.71. The second-order valence-corrected chi connectivity index (χ2v) is 4.42. The summed E-state index contributed by atoms with van der Waals surface area (Å²) >= 11 is 0. The van der Waals surface area contributed by atoms with Crippen LogP contribution >= 0.6 is 0 Å². The van der Waals surface area contributed by atoms with Gasteiger partial charge < -0.3 is 19.1 Å². The molecule has 2 heterocycles. The molecule has 2 atom stereocenters.